The largest absolute Gasteiger partial charge is 0.497 e. The lowest BCUT2D eigenvalue weighted by Gasteiger charge is -2.30. The van der Waals surface area contributed by atoms with E-state index >= 15 is 0 Å². The number of hydrogen-bond acceptors (Lipinski definition) is 6. The third-order valence-electron chi connectivity index (χ3n) is 4.64. The number of amides is 2. The van der Waals surface area contributed by atoms with Crippen molar-refractivity contribution in [2.45, 2.75) is 38.5 Å². The number of carbonyl (C=O) groups excluding carboxylic acids is 2. The topological polar surface area (TPSA) is 84.4 Å². The molecule has 3 rings (SSSR count). The van der Waals surface area contributed by atoms with E-state index in [0.717, 1.165) is 43.1 Å². The molecule has 1 aliphatic heterocycles. The summed E-state index contributed by atoms with van der Waals surface area (Å²) in [5, 5.41) is 12.3. The van der Waals surface area contributed by atoms with Crippen molar-refractivity contribution in [3.63, 3.8) is 0 Å². The maximum absolute atomic E-state index is 12.4. The number of methoxy groups -OCH3 is 1. The fourth-order valence-electron chi connectivity index (χ4n) is 3.10. The summed E-state index contributed by atoms with van der Waals surface area (Å²) < 4.78 is 5.11. The van der Waals surface area contributed by atoms with Gasteiger partial charge in [0.25, 0.3) is 5.91 Å². The highest BCUT2D eigenvalue weighted by molar-refractivity contribution is 7.13. The normalized spacial score (nSPS) is 14.8. The molecule has 2 heterocycles. The highest BCUT2D eigenvalue weighted by Crippen LogP contribution is 2.30. The third kappa shape index (κ3) is 4.82. The molecule has 1 saturated heterocycles. The van der Waals surface area contributed by atoms with Gasteiger partial charge in [0.1, 0.15) is 10.8 Å². The molecule has 144 valence electrons. The van der Waals surface area contributed by atoms with Gasteiger partial charge in [-0.15, -0.1) is 10.2 Å². The number of benzene rings is 1. The van der Waals surface area contributed by atoms with Crippen molar-refractivity contribution >= 4 is 28.8 Å². The van der Waals surface area contributed by atoms with Crippen LogP contribution in [0.1, 0.15) is 53.3 Å². The molecule has 0 unspecified atom stereocenters. The zero-order chi connectivity index (χ0) is 19.2. The van der Waals surface area contributed by atoms with Crippen molar-refractivity contribution in [1.82, 2.24) is 15.1 Å². The van der Waals surface area contributed by atoms with Crippen LogP contribution < -0.4 is 10.1 Å². The minimum atomic E-state index is -0.264. The Hall–Kier alpha value is -2.48. The first-order chi connectivity index (χ1) is 13.1. The quantitative estimate of drug-likeness (QED) is 0.821. The molecule has 7 nitrogen and oxygen atoms in total. The molecule has 1 aromatic carbocycles. The number of likely N-dealkylation sites (tertiary alicyclic amines) is 1. The number of nitrogens with one attached hydrogen (secondary N) is 1. The number of anilines is 1. The predicted molar refractivity (Wildman–Crippen MR) is 104 cm³/mol. The standard InChI is InChI=1S/C19H24N4O3S/c1-3-4-16(24)23-11-9-13(10-12-23)18-21-22-19(27-18)17(25)20-14-5-7-15(26-2)8-6-14/h5-8,13H,3-4,9-12H2,1-2H3,(H,20,25). The van der Waals surface area contributed by atoms with E-state index in [-0.39, 0.29) is 17.7 Å². The Morgan fingerprint density at radius 2 is 1.93 bits per heavy atom. The van der Waals surface area contributed by atoms with Crippen molar-refractivity contribution in [1.29, 1.82) is 0 Å². The predicted octanol–water partition coefficient (Wildman–Crippen LogP) is 3.31. The molecule has 0 radical (unpaired) electrons. The van der Waals surface area contributed by atoms with Gasteiger partial charge in [0, 0.05) is 31.1 Å². The van der Waals surface area contributed by atoms with Crippen molar-refractivity contribution in [3.05, 3.63) is 34.3 Å². The van der Waals surface area contributed by atoms with E-state index in [1.807, 2.05) is 11.8 Å². The SMILES string of the molecule is CCCC(=O)N1CCC(c2nnc(C(=O)Nc3ccc(OC)cc3)s2)CC1. The Labute approximate surface area is 162 Å². The molecule has 0 bridgehead atoms. The summed E-state index contributed by atoms with van der Waals surface area (Å²) in [4.78, 5) is 26.3. The molecule has 0 aliphatic carbocycles. The van der Waals surface area contributed by atoms with Gasteiger partial charge in [-0.2, -0.15) is 0 Å². The van der Waals surface area contributed by atoms with Crippen LogP contribution in [0.15, 0.2) is 24.3 Å². The van der Waals surface area contributed by atoms with Crippen LogP contribution in [0.4, 0.5) is 5.69 Å². The Morgan fingerprint density at radius 1 is 1.22 bits per heavy atom. The van der Waals surface area contributed by atoms with Crippen LogP contribution in [0, 0.1) is 0 Å². The summed E-state index contributed by atoms with van der Waals surface area (Å²) >= 11 is 1.33. The van der Waals surface area contributed by atoms with Gasteiger partial charge in [0.05, 0.1) is 7.11 Å². The Bertz CT molecular complexity index is 783. The minimum absolute atomic E-state index is 0.229. The van der Waals surface area contributed by atoms with Crippen molar-refractivity contribution < 1.29 is 14.3 Å². The van der Waals surface area contributed by atoms with E-state index < -0.39 is 0 Å². The lowest BCUT2D eigenvalue weighted by molar-refractivity contribution is -0.132. The van der Waals surface area contributed by atoms with E-state index in [1.165, 1.54) is 11.3 Å². The lowest BCUT2D eigenvalue weighted by atomic mass is 9.97. The van der Waals surface area contributed by atoms with Gasteiger partial charge < -0.3 is 15.0 Å². The summed E-state index contributed by atoms with van der Waals surface area (Å²) in [6.45, 7) is 3.51. The zero-order valence-electron chi connectivity index (χ0n) is 15.6. The summed E-state index contributed by atoms with van der Waals surface area (Å²) in [6.07, 6.45) is 3.22. The molecular formula is C19H24N4O3S. The van der Waals surface area contributed by atoms with Crippen LogP contribution >= 0.6 is 11.3 Å². The van der Waals surface area contributed by atoms with Gasteiger partial charge in [-0.25, -0.2) is 0 Å². The van der Waals surface area contributed by atoms with E-state index in [0.29, 0.717) is 17.1 Å². The second kappa shape index (κ2) is 8.94. The monoisotopic (exact) mass is 388 g/mol. The van der Waals surface area contributed by atoms with Crippen LogP contribution in [0.3, 0.4) is 0 Å². The Morgan fingerprint density at radius 3 is 2.56 bits per heavy atom. The number of aromatic nitrogens is 2. The number of carbonyl (C=O) groups is 2. The highest BCUT2D eigenvalue weighted by atomic mass is 32.1. The number of nitrogens with zero attached hydrogens (tertiary/aromatic N) is 3. The van der Waals surface area contributed by atoms with Crippen molar-refractivity contribution in [2.24, 2.45) is 0 Å². The number of ether oxygens (including phenoxy) is 1. The van der Waals surface area contributed by atoms with Gasteiger partial charge >= 0.3 is 0 Å². The van der Waals surface area contributed by atoms with Gasteiger partial charge in [0.15, 0.2) is 0 Å². The summed E-state index contributed by atoms with van der Waals surface area (Å²) in [5.41, 5.74) is 0.681. The van der Waals surface area contributed by atoms with Crippen LogP contribution in [0.25, 0.3) is 0 Å². The molecule has 2 amide bonds. The molecule has 0 saturated carbocycles. The maximum Gasteiger partial charge on any atom is 0.286 e. The summed E-state index contributed by atoms with van der Waals surface area (Å²) in [7, 11) is 1.60. The molecule has 2 aromatic rings. The van der Waals surface area contributed by atoms with Crippen LogP contribution in [-0.4, -0.2) is 47.1 Å². The molecular weight excluding hydrogens is 364 g/mol. The van der Waals surface area contributed by atoms with Crippen LogP contribution in [-0.2, 0) is 4.79 Å². The molecule has 8 heteroatoms. The number of piperidine rings is 1. The minimum Gasteiger partial charge on any atom is -0.497 e. The molecule has 1 aliphatic rings. The first-order valence-electron chi connectivity index (χ1n) is 9.17. The Kier molecular flexibility index (Phi) is 6.39. The van der Waals surface area contributed by atoms with E-state index in [1.54, 1.807) is 31.4 Å². The van der Waals surface area contributed by atoms with Gasteiger partial charge in [-0.05, 0) is 43.5 Å². The summed E-state index contributed by atoms with van der Waals surface area (Å²) in [5.74, 6) is 0.956. The first-order valence-corrected chi connectivity index (χ1v) is 9.99. The number of rotatable bonds is 6. The van der Waals surface area contributed by atoms with Crippen LogP contribution in [0.5, 0.6) is 5.75 Å². The van der Waals surface area contributed by atoms with Gasteiger partial charge in [-0.1, -0.05) is 18.3 Å². The third-order valence-corrected chi connectivity index (χ3v) is 5.73. The smallest absolute Gasteiger partial charge is 0.286 e. The van der Waals surface area contributed by atoms with Gasteiger partial charge in [-0.3, -0.25) is 9.59 Å². The highest BCUT2D eigenvalue weighted by Gasteiger charge is 2.26. The van der Waals surface area contributed by atoms with Crippen LogP contribution in [0.2, 0.25) is 0 Å². The summed E-state index contributed by atoms with van der Waals surface area (Å²) in [6, 6.07) is 7.13. The lowest BCUT2D eigenvalue weighted by Crippen LogP contribution is -2.37. The fraction of sp³-hybridized carbons (Fsp3) is 0.474. The van der Waals surface area contributed by atoms with Gasteiger partial charge in [0.2, 0.25) is 10.9 Å². The molecule has 1 N–H and O–H groups in total. The number of hydrogen-bond donors (Lipinski definition) is 1. The molecule has 27 heavy (non-hydrogen) atoms. The van der Waals surface area contributed by atoms with Crippen molar-refractivity contribution in [3.8, 4) is 5.75 Å². The molecule has 1 fully saturated rings. The Balaban J connectivity index is 1.56. The fourth-order valence-corrected chi connectivity index (χ4v) is 4.01. The second-order valence-electron chi connectivity index (χ2n) is 6.53. The first kappa shape index (κ1) is 19.3. The van der Waals surface area contributed by atoms with Crippen molar-refractivity contribution in [2.75, 3.05) is 25.5 Å². The zero-order valence-corrected chi connectivity index (χ0v) is 16.4. The van der Waals surface area contributed by atoms with E-state index in [9.17, 15) is 9.59 Å². The van der Waals surface area contributed by atoms with E-state index in [2.05, 4.69) is 15.5 Å². The average molecular weight is 388 g/mol. The molecule has 0 atom stereocenters. The average Bonchev–Trinajstić information content (AvgIpc) is 3.19. The molecule has 1 aromatic heterocycles. The maximum atomic E-state index is 12.4. The van der Waals surface area contributed by atoms with E-state index in [4.69, 9.17) is 4.74 Å². The second-order valence-corrected chi connectivity index (χ2v) is 7.54. The molecule has 0 spiro atoms.